The normalized spacial score (nSPS) is 15.0. The lowest BCUT2D eigenvalue weighted by atomic mass is 10.1. The second-order valence-electron chi connectivity index (χ2n) is 8.15. The van der Waals surface area contributed by atoms with Crippen molar-refractivity contribution < 1.29 is 33.4 Å². The molecule has 0 spiro atoms. The third-order valence-corrected chi connectivity index (χ3v) is 5.58. The van der Waals surface area contributed by atoms with Crippen molar-refractivity contribution in [2.24, 2.45) is 5.92 Å². The van der Waals surface area contributed by atoms with Gasteiger partial charge in [-0.05, 0) is 42.8 Å². The van der Waals surface area contributed by atoms with Gasteiger partial charge in [-0.1, -0.05) is 31.9 Å². The Morgan fingerprint density at radius 3 is 2.49 bits per heavy atom. The van der Waals surface area contributed by atoms with E-state index in [0.717, 1.165) is 19.3 Å². The summed E-state index contributed by atoms with van der Waals surface area (Å²) in [6, 6.07) is 13.4. The summed E-state index contributed by atoms with van der Waals surface area (Å²) in [4.78, 5) is 50.7. The number of para-hydroxylation sites is 2. The molecule has 1 atom stereocenters. The standard InChI is InChI=1S/C26H30N2O7/c1-3-4-7-14-34-25(31)18-10-12-20(13-11-18)28-16-19(15-24(28)30)26(32)35-17-23(29)27-21-8-5-6-9-22(21)33-2/h5-6,8-13,19H,3-4,7,14-17H2,1-2H3,(H,27,29)/t19-/m1/s1. The topological polar surface area (TPSA) is 111 Å². The highest BCUT2D eigenvalue weighted by Crippen LogP contribution is 2.27. The van der Waals surface area contributed by atoms with E-state index < -0.39 is 30.4 Å². The van der Waals surface area contributed by atoms with Crippen LogP contribution < -0.4 is 15.0 Å². The SMILES string of the molecule is CCCCCOC(=O)c1ccc(N2C[C@H](C(=O)OCC(=O)Nc3ccccc3OC)CC2=O)cc1. The van der Waals surface area contributed by atoms with E-state index in [0.29, 0.717) is 29.3 Å². The third-order valence-electron chi connectivity index (χ3n) is 5.58. The summed E-state index contributed by atoms with van der Waals surface area (Å²) in [7, 11) is 1.49. The van der Waals surface area contributed by atoms with Crippen molar-refractivity contribution in [2.75, 3.05) is 37.1 Å². The Morgan fingerprint density at radius 2 is 1.77 bits per heavy atom. The van der Waals surface area contributed by atoms with E-state index in [1.165, 1.54) is 12.0 Å². The highest BCUT2D eigenvalue weighted by molar-refractivity contribution is 6.00. The van der Waals surface area contributed by atoms with Crippen molar-refractivity contribution in [1.82, 2.24) is 0 Å². The first-order chi connectivity index (χ1) is 16.9. The Hall–Kier alpha value is -3.88. The van der Waals surface area contributed by atoms with Gasteiger partial charge in [0.25, 0.3) is 5.91 Å². The lowest BCUT2D eigenvalue weighted by Gasteiger charge is -2.17. The Labute approximate surface area is 204 Å². The minimum Gasteiger partial charge on any atom is -0.495 e. The van der Waals surface area contributed by atoms with Crippen LogP contribution >= 0.6 is 0 Å². The zero-order valence-corrected chi connectivity index (χ0v) is 20.0. The predicted molar refractivity (Wildman–Crippen MR) is 129 cm³/mol. The molecular weight excluding hydrogens is 452 g/mol. The monoisotopic (exact) mass is 482 g/mol. The van der Waals surface area contributed by atoms with Gasteiger partial charge in [-0.3, -0.25) is 14.4 Å². The van der Waals surface area contributed by atoms with Crippen LogP contribution in [0.3, 0.4) is 0 Å². The van der Waals surface area contributed by atoms with Gasteiger partial charge in [0.2, 0.25) is 5.91 Å². The number of ether oxygens (including phenoxy) is 3. The Morgan fingerprint density at radius 1 is 1.03 bits per heavy atom. The van der Waals surface area contributed by atoms with Crippen molar-refractivity contribution in [3.63, 3.8) is 0 Å². The quantitative estimate of drug-likeness (QED) is 0.385. The average molecular weight is 483 g/mol. The number of nitrogens with one attached hydrogen (secondary N) is 1. The molecule has 0 radical (unpaired) electrons. The maximum absolute atomic E-state index is 12.5. The van der Waals surface area contributed by atoms with Crippen LogP contribution in [-0.2, 0) is 23.9 Å². The van der Waals surface area contributed by atoms with Gasteiger partial charge in [0.05, 0.1) is 30.9 Å². The summed E-state index contributed by atoms with van der Waals surface area (Å²) >= 11 is 0. The molecule has 1 saturated heterocycles. The van der Waals surface area contributed by atoms with Gasteiger partial charge in [-0.25, -0.2) is 4.79 Å². The van der Waals surface area contributed by atoms with Gasteiger partial charge in [0.15, 0.2) is 6.61 Å². The number of benzene rings is 2. The first-order valence-electron chi connectivity index (χ1n) is 11.6. The van der Waals surface area contributed by atoms with Crippen molar-refractivity contribution in [3.05, 3.63) is 54.1 Å². The second kappa shape index (κ2) is 12.5. The summed E-state index contributed by atoms with van der Waals surface area (Å²) in [6.07, 6.45) is 2.84. The van der Waals surface area contributed by atoms with Gasteiger partial charge in [-0.2, -0.15) is 0 Å². The molecule has 9 nitrogen and oxygen atoms in total. The van der Waals surface area contributed by atoms with E-state index in [1.54, 1.807) is 48.5 Å². The zero-order valence-electron chi connectivity index (χ0n) is 20.0. The van der Waals surface area contributed by atoms with Crippen molar-refractivity contribution in [3.8, 4) is 5.75 Å². The van der Waals surface area contributed by atoms with E-state index >= 15 is 0 Å². The molecule has 0 unspecified atom stereocenters. The fourth-order valence-corrected chi connectivity index (χ4v) is 3.68. The third kappa shape index (κ3) is 7.05. The molecule has 2 amide bonds. The first-order valence-corrected chi connectivity index (χ1v) is 11.6. The molecule has 35 heavy (non-hydrogen) atoms. The summed E-state index contributed by atoms with van der Waals surface area (Å²) < 4.78 is 15.6. The Bertz CT molecular complexity index is 1050. The first kappa shape index (κ1) is 25.7. The van der Waals surface area contributed by atoms with Crippen molar-refractivity contribution in [1.29, 1.82) is 0 Å². The minimum absolute atomic E-state index is 0.0197. The molecule has 3 rings (SSSR count). The van der Waals surface area contributed by atoms with E-state index in [2.05, 4.69) is 12.2 Å². The number of methoxy groups -OCH3 is 1. The zero-order chi connectivity index (χ0) is 25.2. The molecule has 0 saturated carbocycles. The van der Waals surface area contributed by atoms with Crippen LogP contribution in [0.5, 0.6) is 5.75 Å². The van der Waals surface area contributed by atoms with E-state index in [9.17, 15) is 19.2 Å². The highest BCUT2D eigenvalue weighted by Gasteiger charge is 2.36. The van der Waals surface area contributed by atoms with Crippen molar-refractivity contribution in [2.45, 2.75) is 32.6 Å². The molecule has 1 fully saturated rings. The maximum atomic E-state index is 12.5. The number of hydrogen-bond acceptors (Lipinski definition) is 7. The molecule has 1 aliphatic rings. The number of unbranched alkanes of at least 4 members (excludes halogenated alkanes) is 2. The minimum atomic E-state index is -0.690. The number of carbonyl (C=O) groups is 4. The largest absolute Gasteiger partial charge is 0.495 e. The molecule has 0 aliphatic carbocycles. The molecule has 0 aromatic heterocycles. The highest BCUT2D eigenvalue weighted by atomic mass is 16.5. The summed E-state index contributed by atoms with van der Waals surface area (Å²) in [5.41, 5.74) is 1.43. The summed E-state index contributed by atoms with van der Waals surface area (Å²) in [5, 5.41) is 2.63. The number of carbonyl (C=O) groups excluding carboxylic acids is 4. The molecular formula is C26H30N2O7. The molecule has 0 bridgehead atoms. The van der Waals surface area contributed by atoms with Gasteiger partial charge in [-0.15, -0.1) is 0 Å². The van der Waals surface area contributed by atoms with Gasteiger partial charge >= 0.3 is 11.9 Å². The van der Waals surface area contributed by atoms with Crippen molar-refractivity contribution >= 4 is 35.1 Å². The molecule has 1 N–H and O–H groups in total. The fraction of sp³-hybridized carbons (Fsp3) is 0.385. The van der Waals surface area contributed by atoms with E-state index in [1.807, 2.05) is 0 Å². The molecule has 1 aliphatic heterocycles. The summed E-state index contributed by atoms with van der Waals surface area (Å²) in [5.74, 6) is -1.98. The molecule has 2 aromatic rings. The van der Waals surface area contributed by atoms with Crippen LogP contribution in [0.4, 0.5) is 11.4 Å². The van der Waals surface area contributed by atoms with Crippen LogP contribution in [0, 0.1) is 5.92 Å². The van der Waals surface area contributed by atoms with Crippen LogP contribution in [0.25, 0.3) is 0 Å². The Kier molecular flexibility index (Phi) is 9.23. The average Bonchev–Trinajstić information content (AvgIpc) is 3.27. The van der Waals surface area contributed by atoms with Crippen LogP contribution in [0.15, 0.2) is 48.5 Å². The number of nitrogens with zero attached hydrogens (tertiary/aromatic N) is 1. The number of amides is 2. The van der Waals surface area contributed by atoms with Crippen LogP contribution in [0.1, 0.15) is 43.0 Å². The molecule has 1 heterocycles. The van der Waals surface area contributed by atoms with Gasteiger partial charge < -0.3 is 24.4 Å². The fourth-order valence-electron chi connectivity index (χ4n) is 3.68. The second-order valence-corrected chi connectivity index (χ2v) is 8.15. The summed E-state index contributed by atoms with van der Waals surface area (Å²) in [6.45, 7) is 2.10. The Balaban J connectivity index is 1.49. The van der Waals surface area contributed by atoms with Gasteiger partial charge in [0, 0.05) is 18.7 Å². The lowest BCUT2D eigenvalue weighted by Crippen LogP contribution is -2.28. The predicted octanol–water partition coefficient (Wildman–Crippen LogP) is 3.58. The number of esters is 2. The van der Waals surface area contributed by atoms with E-state index in [-0.39, 0.29) is 18.9 Å². The number of anilines is 2. The maximum Gasteiger partial charge on any atom is 0.338 e. The van der Waals surface area contributed by atoms with Crippen LogP contribution in [-0.4, -0.2) is 50.6 Å². The number of hydrogen-bond donors (Lipinski definition) is 1. The smallest absolute Gasteiger partial charge is 0.338 e. The molecule has 186 valence electrons. The molecule has 2 aromatic carbocycles. The van der Waals surface area contributed by atoms with E-state index in [4.69, 9.17) is 14.2 Å². The van der Waals surface area contributed by atoms with Gasteiger partial charge in [0.1, 0.15) is 5.75 Å². The van der Waals surface area contributed by atoms with Crippen LogP contribution in [0.2, 0.25) is 0 Å². The molecule has 9 heteroatoms. The number of rotatable bonds is 11. The lowest BCUT2D eigenvalue weighted by molar-refractivity contribution is -0.151.